The van der Waals surface area contributed by atoms with Crippen LogP contribution in [0.2, 0.25) is 0 Å². The molecular weight excluding hydrogens is 331 g/mol. The third kappa shape index (κ3) is 3.22. The Balaban J connectivity index is 1.82. The number of hydrogen-bond acceptors (Lipinski definition) is 1. The van der Waals surface area contributed by atoms with Gasteiger partial charge in [-0.25, -0.2) is 4.39 Å². The highest BCUT2D eigenvalue weighted by Crippen LogP contribution is 2.30. The van der Waals surface area contributed by atoms with Gasteiger partial charge in [0.2, 0.25) is 0 Å². The van der Waals surface area contributed by atoms with Crippen molar-refractivity contribution in [3.05, 3.63) is 57.6 Å². The van der Waals surface area contributed by atoms with Crippen LogP contribution in [0, 0.1) is 5.82 Å². The highest BCUT2D eigenvalue weighted by atomic mass is 79.9. The zero-order valence-electron chi connectivity index (χ0n) is 12.2. The van der Waals surface area contributed by atoms with Crippen molar-refractivity contribution in [1.82, 2.24) is 9.88 Å². The SMILES string of the molecule is CCNC1CCCc2cn(Cc3ccc(F)c(Br)c3)cc21. The summed E-state index contributed by atoms with van der Waals surface area (Å²) in [6, 6.07) is 5.71. The molecule has 1 unspecified atom stereocenters. The molecule has 0 fully saturated rings. The number of halogens is 2. The average molecular weight is 351 g/mol. The molecule has 112 valence electrons. The molecular formula is C17H20BrFN2. The molecule has 0 saturated carbocycles. The number of aromatic nitrogens is 1. The highest BCUT2D eigenvalue weighted by molar-refractivity contribution is 9.10. The quantitative estimate of drug-likeness (QED) is 0.863. The first-order valence-corrected chi connectivity index (χ1v) is 8.32. The molecule has 4 heteroatoms. The molecule has 1 heterocycles. The maximum Gasteiger partial charge on any atom is 0.137 e. The van der Waals surface area contributed by atoms with E-state index in [2.05, 4.69) is 45.1 Å². The van der Waals surface area contributed by atoms with Crippen molar-refractivity contribution in [2.45, 2.75) is 38.8 Å². The predicted molar refractivity (Wildman–Crippen MR) is 87.0 cm³/mol. The van der Waals surface area contributed by atoms with Crippen LogP contribution < -0.4 is 5.32 Å². The Morgan fingerprint density at radius 1 is 1.38 bits per heavy atom. The van der Waals surface area contributed by atoms with Gasteiger partial charge in [0.05, 0.1) is 4.47 Å². The van der Waals surface area contributed by atoms with E-state index in [4.69, 9.17) is 0 Å². The van der Waals surface area contributed by atoms with E-state index in [1.165, 1.54) is 30.0 Å². The fourth-order valence-electron chi connectivity index (χ4n) is 3.15. The van der Waals surface area contributed by atoms with Crippen molar-refractivity contribution in [3.63, 3.8) is 0 Å². The second-order valence-corrected chi connectivity index (χ2v) is 6.52. The fourth-order valence-corrected chi connectivity index (χ4v) is 3.57. The Hall–Kier alpha value is -1.13. The fraction of sp³-hybridized carbons (Fsp3) is 0.412. The molecule has 2 nitrogen and oxygen atoms in total. The van der Waals surface area contributed by atoms with Crippen LogP contribution >= 0.6 is 15.9 Å². The Morgan fingerprint density at radius 2 is 2.24 bits per heavy atom. The lowest BCUT2D eigenvalue weighted by molar-refractivity contribution is 0.473. The topological polar surface area (TPSA) is 17.0 Å². The summed E-state index contributed by atoms with van der Waals surface area (Å²) in [4.78, 5) is 0. The molecule has 2 aromatic rings. The zero-order chi connectivity index (χ0) is 14.8. The van der Waals surface area contributed by atoms with Crippen LogP contribution in [0.15, 0.2) is 35.1 Å². The van der Waals surface area contributed by atoms with Gasteiger partial charge in [-0.3, -0.25) is 0 Å². The Morgan fingerprint density at radius 3 is 3.00 bits per heavy atom. The van der Waals surface area contributed by atoms with Gasteiger partial charge in [-0.05, 0) is 70.6 Å². The minimum absolute atomic E-state index is 0.210. The number of nitrogens with zero attached hydrogens (tertiary/aromatic N) is 1. The van der Waals surface area contributed by atoms with Crippen molar-refractivity contribution < 1.29 is 4.39 Å². The van der Waals surface area contributed by atoms with Crippen LogP contribution in [0.1, 0.15) is 42.5 Å². The number of nitrogens with one attached hydrogen (secondary N) is 1. The van der Waals surface area contributed by atoms with E-state index in [9.17, 15) is 4.39 Å². The Labute approximate surface area is 133 Å². The molecule has 3 rings (SSSR count). The summed E-state index contributed by atoms with van der Waals surface area (Å²) in [6.45, 7) is 3.94. The van der Waals surface area contributed by atoms with Gasteiger partial charge >= 0.3 is 0 Å². The first kappa shape index (κ1) is 14.8. The molecule has 0 spiro atoms. The minimum Gasteiger partial charge on any atom is -0.349 e. The van der Waals surface area contributed by atoms with Crippen LogP contribution in [0.4, 0.5) is 4.39 Å². The van der Waals surface area contributed by atoms with Crippen molar-refractivity contribution in [1.29, 1.82) is 0 Å². The van der Waals surface area contributed by atoms with Gasteiger partial charge in [-0.2, -0.15) is 0 Å². The molecule has 1 aromatic heterocycles. The van der Waals surface area contributed by atoms with Gasteiger partial charge in [0.25, 0.3) is 0 Å². The third-order valence-electron chi connectivity index (χ3n) is 4.11. The van der Waals surface area contributed by atoms with Crippen molar-refractivity contribution in [2.24, 2.45) is 0 Å². The number of benzene rings is 1. The lowest BCUT2D eigenvalue weighted by atomic mass is 9.91. The third-order valence-corrected chi connectivity index (χ3v) is 4.72. The van der Waals surface area contributed by atoms with Gasteiger partial charge in [0.15, 0.2) is 0 Å². The van der Waals surface area contributed by atoms with Crippen LogP contribution in [-0.2, 0) is 13.0 Å². The van der Waals surface area contributed by atoms with E-state index in [-0.39, 0.29) is 5.82 Å². The van der Waals surface area contributed by atoms with Crippen LogP contribution in [-0.4, -0.2) is 11.1 Å². The molecule has 0 aliphatic heterocycles. The molecule has 1 aromatic carbocycles. The molecule has 0 amide bonds. The number of hydrogen-bond donors (Lipinski definition) is 1. The summed E-state index contributed by atoms with van der Waals surface area (Å²) >= 11 is 3.25. The summed E-state index contributed by atoms with van der Waals surface area (Å²) < 4.78 is 16.0. The Bertz CT molecular complexity index is 636. The predicted octanol–water partition coefficient (Wildman–Crippen LogP) is 4.42. The first-order valence-electron chi connectivity index (χ1n) is 7.53. The maximum atomic E-state index is 13.3. The van der Waals surface area contributed by atoms with Crippen molar-refractivity contribution >= 4 is 15.9 Å². The lowest BCUT2D eigenvalue weighted by Crippen LogP contribution is -2.23. The summed E-state index contributed by atoms with van der Waals surface area (Å²) in [5.74, 6) is -0.210. The minimum atomic E-state index is -0.210. The van der Waals surface area contributed by atoms with Gasteiger partial charge in [0, 0.05) is 25.0 Å². The monoisotopic (exact) mass is 350 g/mol. The van der Waals surface area contributed by atoms with Gasteiger partial charge in [-0.1, -0.05) is 13.0 Å². The molecule has 1 N–H and O–H groups in total. The first-order chi connectivity index (χ1) is 10.2. The highest BCUT2D eigenvalue weighted by Gasteiger charge is 2.21. The largest absolute Gasteiger partial charge is 0.349 e. The molecule has 1 aliphatic carbocycles. The Kier molecular flexibility index (Phi) is 4.45. The molecule has 0 bridgehead atoms. The van der Waals surface area contributed by atoms with E-state index >= 15 is 0 Å². The summed E-state index contributed by atoms with van der Waals surface area (Å²) in [5, 5.41) is 3.56. The summed E-state index contributed by atoms with van der Waals surface area (Å²) in [6.07, 6.45) is 8.12. The van der Waals surface area contributed by atoms with E-state index in [0.717, 1.165) is 25.1 Å². The number of fused-ring (bicyclic) bond motifs is 1. The smallest absolute Gasteiger partial charge is 0.137 e. The van der Waals surface area contributed by atoms with Gasteiger partial charge in [-0.15, -0.1) is 0 Å². The van der Waals surface area contributed by atoms with E-state index in [1.54, 1.807) is 0 Å². The van der Waals surface area contributed by atoms with E-state index in [0.29, 0.717) is 10.5 Å². The van der Waals surface area contributed by atoms with E-state index in [1.807, 2.05) is 12.1 Å². The van der Waals surface area contributed by atoms with Crippen molar-refractivity contribution in [2.75, 3.05) is 6.54 Å². The second kappa shape index (κ2) is 6.32. The summed E-state index contributed by atoms with van der Waals surface area (Å²) in [5.41, 5.74) is 3.99. The van der Waals surface area contributed by atoms with Crippen LogP contribution in [0.25, 0.3) is 0 Å². The van der Waals surface area contributed by atoms with Crippen LogP contribution in [0.3, 0.4) is 0 Å². The molecule has 1 aliphatic rings. The molecule has 0 radical (unpaired) electrons. The normalized spacial score (nSPS) is 17.8. The van der Waals surface area contributed by atoms with Gasteiger partial charge in [0.1, 0.15) is 5.82 Å². The zero-order valence-corrected chi connectivity index (χ0v) is 13.8. The number of aryl methyl sites for hydroxylation is 1. The van der Waals surface area contributed by atoms with Gasteiger partial charge < -0.3 is 9.88 Å². The molecule has 1 atom stereocenters. The second-order valence-electron chi connectivity index (χ2n) is 5.66. The van der Waals surface area contributed by atoms with Crippen molar-refractivity contribution in [3.8, 4) is 0 Å². The molecule has 21 heavy (non-hydrogen) atoms. The average Bonchev–Trinajstić information content (AvgIpc) is 2.87. The summed E-state index contributed by atoms with van der Waals surface area (Å²) in [7, 11) is 0. The standard InChI is InChI=1S/C17H20BrFN2/c1-2-20-17-5-3-4-13-10-21(11-14(13)17)9-12-6-7-16(19)15(18)8-12/h6-8,10-11,17,20H,2-5,9H2,1H3. The maximum absolute atomic E-state index is 13.3. The van der Waals surface area contributed by atoms with E-state index < -0.39 is 0 Å². The molecule has 0 saturated heterocycles. The number of rotatable bonds is 4. The lowest BCUT2D eigenvalue weighted by Gasteiger charge is -2.22. The van der Waals surface area contributed by atoms with Crippen LogP contribution in [0.5, 0.6) is 0 Å².